The fourth-order valence-corrected chi connectivity index (χ4v) is 1.35. The third-order valence-corrected chi connectivity index (χ3v) is 2.65. The highest BCUT2D eigenvalue weighted by Gasteiger charge is 2.16. The zero-order valence-corrected chi connectivity index (χ0v) is 10.6. The number of carboxylic acid groups (broad SMARTS) is 2. The van der Waals surface area contributed by atoms with Crippen LogP contribution in [0.4, 0.5) is 0 Å². The minimum atomic E-state index is -4.45. The average Bonchev–Trinajstić information content (AvgIpc) is 2.28. The minimum Gasteiger partial charge on any atom is -0.507 e. The highest BCUT2D eigenvalue weighted by molar-refractivity contribution is 7.85. The van der Waals surface area contributed by atoms with E-state index in [1.807, 2.05) is 0 Å². The third kappa shape index (κ3) is 5.84. The molecule has 1 aromatic carbocycles. The summed E-state index contributed by atoms with van der Waals surface area (Å²) in [5.74, 6) is -2.79. The summed E-state index contributed by atoms with van der Waals surface area (Å²) in [5, 5.41) is 25.3. The maximum absolute atomic E-state index is 10.6. The number of aliphatic carboxylic acids is 1. The summed E-state index contributed by atoms with van der Waals surface area (Å²) in [4.78, 5) is 19.3. The van der Waals surface area contributed by atoms with Crippen LogP contribution in [0.15, 0.2) is 23.1 Å². The molecule has 0 saturated heterocycles. The predicted octanol–water partition coefficient (Wildman–Crippen LogP) is 0.818. The second-order valence-corrected chi connectivity index (χ2v) is 4.63. The first-order chi connectivity index (χ1) is 8.59. The molecule has 0 aliphatic rings. The van der Waals surface area contributed by atoms with Gasteiger partial charge in [-0.3, -0.25) is 9.35 Å². The zero-order valence-electron chi connectivity index (χ0n) is 9.77. The van der Waals surface area contributed by atoms with Crippen LogP contribution in [0.25, 0.3) is 0 Å². The molecule has 9 heteroatoms. The number of hydrogen-bond acceptors (Lipinski definition) is 5. The summed E-state index contributed by atoms with van der Waals surface area (Å²) in [5.41, 5.74) is -0.583. The summed E-state index contributed by atoms with van der Waals surface area (Å²) in [6.07, 6.45) is 0.222. The molecule has 0 spiro atoms. The van der Waals surface area contributed by atoms with Crippen LogP contribution >= 0.6 is 0 Å². The lowest BCUT2D eigenvalue weighted by molar-refractivity contribution is -0.136. The molecule has 106 valence electrons. The van der Waals surface area contributed by atoms with E-state index in [2.05, 4.69) is 0 Å². The fraction of sp³-hybridized carbons (Fsp3) is 0.200. The van der Waals surface area contributed by atoms with Gasteiger partial charge in [0, 0.05) is 6.42 Å². The molecular formula is C10H12O8S. The largest absolute Gasteiger partial charge is 0.507 e. The number of hydrogen-bond donors (Lipinski definition) is 4. The summed E-state index contributed by atoms with van der Waals surface area (Å²) in [6.45, 7) is 1.60. The van der Waals surface area contributed by atoms with E-state index in [4.69, 9.17) is 19.9 Å². The lowest BCUT2D eigenvalue weighted by Gasteiger charge is -2.01. The van der Waals surface area contributed by atoms with Crippen molar-refractivity contribution in [3.63, 3.8) is 0 Å². The van der Waals surface area contributed by atoms with Gasteiger partial charge in [0.25, 0.3) is 10.1 Å². The van der Waals surface area contributed by atoms with Crippen molar-refractivity contribution in [3.05, 3.63) is 23.8 Å². The van der Waals surface area contributed by atoms with Crippen molar-refractivity contribution in [2.75, 3.05) is 0 Å². The molecule has 0 heterocycles. The van der Waals surface area contributed by atoms with Gasteiger partial charge in [0.2, 0.25) is 0 Å². The highest BCUT2D eigenvalue weighted by atomic mass is 32.2. The maximum Gasteiger partial charge on any atom is 0.339 e. The van der Waals surface area contributed by atoms with Crippen molar-refractivity contribution in [2.45, 2.75) is 18.2 Å². The van der Waals surface area contributed by atoms with Gasteiger partial charge in [-0.05, 0) is 18.2 Å². The van der Waals surface area contributed by atoms with E-state index in [1.54, 1.807) is 6.92 Å². The van der Waals surface area contributed by atoms with E-state index in [-0.39, 0.29) is 6.42 Å². The fourth-order valence-electron chi connectivity index (χ4n) is 0.847. The van der Waals surface area contributed by atoms with E-state index >= 15 is 0 Å². The summed E-state index contributed by atoms with van der Waals surface area (Å²) >= 11 is 0. The van der Waals surface area contributed by atoms with Crippen molar-refractivity contribution in [2.24, 2.45) is 0 Å². The van der Waals surface area contributed by atoms with Gasteiger partial charge >= 0.3 is 11.9 Å². The van der Waals surface area contributed by atoms with Crippen molar-refractivity contribution in [1.82, 2.24) is 0 Å². The van der Waals surface area contributed by atoms with Crippen LogP contribution in [0.1, 0.15) is 23.7 Å². The molecule has 0 unspecified atom stereocenters. The normalized spacial score (nSPS) is 10.2. The van der Waals surface area contributed by atoms with E-state index in [9.17, 15) is 18.0 Å². The van der Waals surface area contributed by atoms with Gasteiger partial charge in [0.05, 0.1) is 4.90 Å². The lowest BCUT2D eigenvalue weighted by atomic mass is 10.2. The van der Waals surface area contributed by atoms with E-state index in [0.717, 1.165) is 12.1 Å². The van der Waals surface area contributed by atoms with Gasteiger partial charge in [-0.15, -0.1) is 0 Å². The van der Waals surface area contributed by atoms with Gasteiger partial charge in [-0.1, -0.05) is 6.92 Å². The topological polar surface area (TPSA) is 149 Å². The lowest BCUT2D eigenvalue weighted by Crippen LogP contribution is -2.02. The quantitative estimate of drug-likeness (QED) is 0.598. The molecule has 0 aliphatic heterocycles. The molecule has 0 bridgehead atoms. The second-order valence-electron chi connectivity index (χ2n) is 3.21. The molecule has 8 nitrogen and oxygen atoms in total. The Hall–Kier alpha value is -2.13. The molecule has 0 fully saturated rings. The Morgan fingerprint density at radius 3 is 2.00 bits per heavy atom. The zero-order chi connectivity index (χ0) is 15.2. The van der Waals surface area contributed by atoms with E-state index in [1.165, 1.54) is 0 Å². The molecule has 0 aromatic heterocycles. The monoisotopic (exact) mass is 292 g/mol. The Labute approximate surface area is 108 Å². The Bertz CT molecular complexity index is 575. The molecule has 0 radical (unpaired) electrons. The van der Waals surface area contributed by atoms with Crippen LogP contribution in [0.5, 0.6) is 5.75 Å². The minimum absolute atomic E-state index is 0.222. The Morgan fingerprint density at radius 2 is 1.68 bits per heavy atom. The van der Waals surface area contributed by atoms with Crippen molar-refractivity contribution >= 4 is 22.1 Å². The first-order valence-electron chi connectivity index (χ1n) is 4.85. The number of benzene rings is 1. The molecule has 19 heavy (non-hydrogen) atoms. The van der Waals surface area contributed by atoms with E-state index in [0.29, 0.717) is 6.07 Å². The van der Waals surface area contributed by atoms with Crippen molar-refractivity contribution in [3.8, 4) is 5.75 Å². The van der Waals surface area contributed by atoms with Gasteiger partial charge in [-0.25, -0.2) is 4.79 Å². The second kappa shape index (κ2) is 6.71. The molecule has 0 amide bonds. The van der Waals surface area contributed by atoms with Crippen molar-refractivity contribution in [1.29, 1.82) is 0 Å². The molecule has 0 atom stereocenters. The summed E-state index contributed by atoms with van der Waals surface area (Å²) in [6, 6.07) is 2.46. The van der Waals surface area contributed by atoms with Crippen LogP contribution in [0, 0.1) is 0 Å². The number of aromatic carboxylic acids is 1. The summed E-state index contributed by atoms with van der Waals surface area (Å²) < 4.78 is 29.8. The van der Waals surface area contributed by atoms with Gasteiger partial charge in [0.15, 0.2) is 0 Å². The highest BCUT2D eigenvalue weighted by Crippen LogP contribution is 2.20. The van der Waals surface area contributed by atoms with Crippen LogP contribution in [-0.2, 0) is 14.9 Å². The number of carboxylic acids is 2. The number of phenols is 1. The van der Waals surface area contributed by atoms with Crippen LogP contribution in [0.2, 0.25) is 0 Å². The standard InChI is InChI=1S/C7H6O6S.C3H6O2/c8-6-2-1-4(14(11,12)13)3-5(6)7(9)10;1-2-3(4)5/h1-3,8H,(H,9,10)(H,11,12,13);2H2,1H3,(H,4,5). The van der Waals surface area contributed by atoms with Gasteiger partial charge in [0.1, 0.15) is 11.3 Å². The number of aromatic hydroxyl groups is 1. The Morgan fingerprint density at radius 1 is 1.21 bits per heavy atom. The first-order valence-corrected chi connectivity index (χ1v) is 6.29. The van der Waals surface area contributed by atoms with Crippen LogP contribution < -0.4 is 0 Å². The molecule has 4 N–H and O–H groups in total. The van der Waals surface area contributed by atoms with E-state index < -0.39 is 38.3 Å². The Balaban J connectivity index is 0.000000555. The van der Waals surface area contributed by atoms with Gasteiger partial charge in [-0.2, -0.15) is 8.42 Å². The molecule has 1 rings (SSSR count). The third-order valence-electron chi connectivity index (χ3n) is 1.80. The first kappa shape index (κ1) is 16.9. The average molecular weight is 292 g/mol. The summed E-state index contributed by atoms with van der Waals surface area (Å²) in [7, 11) is -4.45. The maximum atomic E-state index is 10.6. The molecule has 0 saturated carbocycles. The molecule has 1 aromatic rings. The smallest absolute Gasteiger partial charge is 0.339 e. The SMILES string of the molecule is CCC(=O)O.O=C(O)c1cc(S(=O)(=O)O)ccc1O. The van der Waals surface area contributed by atoms with Crippen molar-refractivity contribution < 1.29 is 37.9 Å². The predicted molar refractivity (Wildman–Crippen MR) is 62.8 cm³/mol. The van der Waals surface area contributed by atoms with Crippen LogP contribution in [0.3, 0.4) is 0 Å². The Kier molecular flexibility index (Phi) is 5.96. The molecule has 0 aliphatic carbocycles. The number of carbonyl (C=O) groups is 2. The number of rotatable bonds is 3. The van der Waals surface area contributed by atoms with Crippen LogP contribution in [-0.4, -0.2) is 40.2 Å². The van der Waals surface area contributed by atoms with Gasteiger partial charge < -0.3 is 15.3 Å². The molecular weight excluding hydrogens is 280 g/mol.